The second-order valence-electron chi connectivity index (χ2n) is 5.37. The summed E-state index contributed by atoms with van der Waals surface area (Å²) in [5, 5.41) is 0. The molecular weight excluding hydrogens is 212 g/mol. The van der Waals surface area contributed by atoms with Gasteiger partial charge in [0.15, 0.2) is 0 Å². The molecule has 0 radical (unpaired) electrons. The molecule has 100 valence electrons. The minimum absolute atomic E-state index is 0.0331. The molecule has 0 aromatic heterocycles. The van der Waals surface area contributed by atoms with E-state index in [-0.39, 0.29) is 11.8 Å². The van der Waals surface area contributed by atoms with E-state index < -0.39 is 0 Å². The Morgan fingerprint density at radius 2 is 1.76 bits per heavy atom. The summed E-state index contributed by atoms with van der Waals surface area (Å²) < 4.78 is 0. The van der Waals surface area contributed by atoms with Crippen LogP contribution in [0.5, 0.6) is 0 Å². The quantitative estimate of drug-likeness (QED) is 0.802. The third kappa shape index (κ3) is 3.21. The molecule has 0 aliphatic carbocycles. The molecule has 1 rings (SSSR count). The van der Waals surface area contributed by atoms with Gasteiger partial charge in [0, 0.05) is 19.6 Å². The molecule has 1 aliphatic rings. The molecule has 0 aromatic rings. The number of hydrogen-bond acceptors (Lipinski definition) is 2. The van der Waals surface area contributed by atoms with Crippen LogP contribution >= 0.6 is 0 Å². The van der Waals surface area contributed by atoms with Gasteiger partial charge in [0.1, 0.15) is 0 Å². The lowest BCUT2D eigenvalue weighted by molar-refractivity contribution is -0.137. The summed E-state index contributed by atoms with van der Waals surface area (Å²) in [7, 11) is 0. The van der Waals surface area contributed by atoms with E-state index in [0.717, 1.165) is 32.4 Å². The Morgan fingerprint density at radius 1 is 1.24 bits per heavy atom. The third-order valence-electron chi connectivity index (χ3n) is 4.76. The predicted octanol–water partition coefficient (Wildman–Crippen LogP) is 2.40. The van der Waals surface area contributed by atoms with Crippen LogP contribution in [-0.4, -0.2) is 30.4 Å². The van der Waals surface area contributed by atoms with Crippen LogP contribution in [0.1, 0.15) is 52.9 Å². The van der Waals surface area contributed by atoms with E-state index in [0.29, 0.717) is 12.0 Å². The van der Waals surface area contributed by atoms with Gasteiger partial charge in [0.2, 0.25) is 5.91 Å². The summed E-state index contributed by atoms with van der Waals surface area (Å²) in [5.41, 5.74) is 6.14. The van der Waals surface area contributed by atoms with Crippen LogP contribution in [0.4, 0.5) is 0 Å². The molecule has 0 bridgehead atoms. The molecule has 1 fully saturated rings. The molecule has 1 atom stereocenters. The van der Waals surface area contributed by atoms with Crippen molar-refractivity contribution >= 4 is 5.91 Å². The second-order valence-corrected chi connectivity index (χ2v) is 5.37. The summed E-state index contributed by atoms with van der Waals surface area (Å²) in [5.74, 6) is 0.307. The predicted molar refractivity (Wildman–Crippen MR) is 71.7 cm³/mol. The van der Waals surface area contributed by atoms with E-state index >= 15 is 0 Å². The minimum Gasteiger partial charge on any atom is -0.342 e. The summed E-state index contributed by atoms with van der Waals surface area (Å²) in [4.78, 5) is 14.2. The fourth-order valence-electron chi connectivity index (χ4n) is 2.86. The van der Waals surface area contributed by atoms with Crippen molar-refractivity contribution in [2.45, 2.75) is 52.9 Å². The lowest BCUT2D eigenvalue weighted by Gasteiger charge is -2.41. The molecule has 1 heterocycles. The number of piperidine rings is 1. The molecule has 0 saturated carbocycles. The van der Waals surface area contributed by atoms with Crippen LogP contribution in [0.25, 0.3) is 0 Å². The zero-order valence-electron chi connectivity index (χ0n) is 11.7. The number of nitrogens with two attached hydrogens (primary N) is 1. The zero-order chi connectivity index (χ0) is 12.9. The van der Waals surface area contributed by atoms with Gasteiger partial charge in [-0.1, -0.05) is 33.6 Å². The third-order valence-corrected chi connectivity index (χ3v) is 4.76. The molecule has 1 saturated heterocycles. The van der Waals surface area contributed by atoms with Crippen molar-refractivity contribution in [3.63, 3.8) is 0 Å². The average Bonchev–Trinajstić information content (AvgIpc) is 2.40. The first-order chi connectivity index (χ1) is 8.12. The van der Waals surface area contributed by atoms with Crippen molar-refractivity contribution in [2.24, 2.45) is 17.1 Å². The monoisotopic (exact) mass is 240 g/mol. The van der Waals surface area contributed by atoms with Gasteiger partial charge >= 0.3 is 0 Å². The van der Waals surface area contributed by atoms with E-state index in [2.05, 4.69) is 13.8 Å². The highest BCUT2D eigenvalue weighted by atomic mass is 16.2. The van der Waals surface area contributed by atoms with E-state index in [4.69, 9.17) is 5.73 Å². The van der Waals surface area contributed by atoms with Crippen molar-refractivity contribution in [1.82, 2.24) is 4.90 Å². The number of carbonyl (C=O) groups excluding carboxylic acids is 1. The summed E-state index contributed by atoms with van der Waals surface area (Å²) in [6, 6.07) is 0. The van der Waals surface area contributed by atoms with E-state index in [1.54, 1.807) is 0 Å². The highest BCUT2D eigenvalue weighted by Gasteiger charge is 2.34. The Hall–Kier alpha value is -0.570. The zero-order valence-corrected chi connectivity index (χ0v) is 11.7. The molecule has 2 N–H and O–H groups in total. The normalized spacial score (nSPS) is 21.3. The Bertz CT molecular complexity index is 235. The number of carbonyl (C=O) groups is 1. The number of nitrogens with zero attached hydrogens (tertiary/aromatic N) is 1. The maximum absolute atomic E-state index is 12.2. The number of likely N-dealkylation sites (tertiary alicyclic amines) is 1. The molecule has 0 spiro atoms. The van der Waals surface area contributed by atoms with Gasteiger partial charge in [-0.3, -0.25) is 4.79 Å². The molecule has 1 amide bonds. The standard InChI is InChI=1S/C14H28N2O/c1-4-12(11-15)13(17)16-9-7-14(5-2,6-3)8-10-16/h12H,4-11,15H2,1-3H3. The first kappa shape index (κ1) is 14.5. The van der Waals surface area contributed by atoms with E-state index in [9.17, 15) is 4.79 Å². The van der Waals surface area contributed by atoms with Gasteiger partial charge in [-0.05, 0) is 24.7 Å². The van der Waals surface area contributed by atoms with E-state index in [1.807, 2.05) is 11.8 Å². The molecule has 3 heteroatoms. The van der Waals surface area contributed by atoms with Gasteiger partial charge in [-0.2, -0.15) is 0 Å². The van der Waals surface area contributed by atoms with Crippen LogP contribution in [0.2, 0.25) is 0 Å². The van der Waals surface area contributed by atoms with Crippen molar-refractivity contribution in [3.8, 4) is 0 Å². The molecule has 1 aliphatic heterocycles. The maximum Gasteiger partial charge on any atom is 0.226 e. The Labute approximate surface area is 106 Å². The van der Waals surface area contributed by atoms with E-state index in [1.165, 1.54) is 12.8 Å². The molecule has 3 nitrogen and oxygen atoms in total. The Balaban J connectivity index is 2.54. The summed E-state index contributed by atoms with van der Waals surface area (Å²) in [6.45, 7) is 8.93. The molecule has 17 heavy (non-hydrogen) atoms. The van der Waals surface area contributed by atoms with Crippen LogP contribution in [-0.2, 0) is 4.79 Å². The highest BCUT2D eigenvalue weighted by molar-refractivity contribution is 5.79. The van der Waals surface area contributed by atoms with Gasteiger partial charge in [-0.25, -0.2) is 0 Å². The number of amides is 1. The van der Waals surface area contributed by atoms with Crippen molar-refractivity contribution < 1.29 is 4.79 Å². The van der Waals surface area contributed by atoms with Crippen LogP contribution in [0.15, 0.2) is 0 Å². The first-order valence-electron chi connectivity index (χ1n) is 7.11. The lowest BCUT2D eigenvalue weighted by atomic mass is 9.74. The number of hydrogen-bond donors (Lipinski definition) is 1. The van der Waals surface area contributed by atoms with Gasteiger partial charge < -0.3 is 10.6 Å². The van der Waals surface area contributed by atoms with Crippen molar-refractivity contribution in [1.29, 1.82) is 0 Å². The second kappa shape index (κ2) is 6.39. The minimum atomic E-state index is 0.0331. The SMILES string of the molecule is CCC(CN)C(=O)N1CCC(CC)(CC)CC1. The largest absolute Gasteiger partial charge is 0.342 e. The van der Waals surface area contributed by atoms with Gasteiger partial charge in [-0.15, -0.1) is 0 Å². The number of rotatable bonds is 5. The smallest absolute Gasteiger partial charge is 0.226 e. The Kier molecular flexibility index (Phi) is 5.44. The van der Waals surface area contributed by atoms with Gasteiger partial charge in [0.05, 0.1) is 5.92 Å². The van der Waals surface area contributed by atoms with Crippen molar-refractivity contribution in [2.75, 3.05) is 19.6 Å². The maximum atomic E-state index is 12.2. The highest BCUT2D eigenvalue weighted by Crippen LogP contribution is 2.38. The van der Waals surface area contributed by atoms with Crippen LogP contribution in [0.3, 0.4) is 0 Å². The summed E-state index contributed by atoms with van der Waals surface area (Å²) >= 11 is 0. The summed E-state index contributed by atoms with van der Waals surface area (Å²) in [6.07, 6.45) is 5.65. The topological polar surface area (TPSA) is 46.3 Å². The fourth-order valence-corrected chi connectivity index (χ4v) is 2.86. The van der Waals surface area contributed by atoms with Gasteiger partial charge in [0.25, 0.3) is 0 Å². The fraction of sp³-hybridized carbons (Fsp3) is 0.929. The Morgan fingerprint density at radius 3 is 2.12 bits per heavy atom. The first-order valence-corrected chi connectivity index (χ1v) is 7.11. The molecule has 1 unspecified atom stereocenters. The average molecular weight is 240 g/mol. The molecular formula is C14H28N2O. The lowest BCUT2D eigenvalue weighted by Crippen LogP contribution is -2.46. The molecule has 0 aromatic carbocycles. The van der Waals surface area contributed by atoms with Crippen molar-refractivity contribution in [3.05, 3.63) is 0 Å². The van der Waals surface area contributed by atoms with Crippen LogP contribution in [0, 0.1) is 11.3 Å². The van der Waals surface area contributed by atoms with Crippen LogP contribution < -0.4 is 5.73 Å².